The molecule has 1 aromatic rings. The van der Waals surface area contributed by atoms with Crippen LogP contribution in [0.15, 0.2) is 12.1 Å². The van der Waals surface area contributed by atoms with Crippen molar-refractivity contribution < 1.29 is 9.53 Å². The van der Waals surface area contributed by atoms with Gasteiger partial charge in [-0.25, -0.2) is 0 Å². The van der Waals surface area contributed by atoms with Gasteiger partial charge in [-0.1, -0.05) is 0 Å². The van der Waals surface area contributed by atoms with Gasteiger partial charge < -0.3 is 9.64 Å². The van der Waals surface area contributed by atoms with Crippen LogP contribution in [0.2, 0.25) is 0 Å². The number of fused-ring (bicyclic) bond motifs is 2. The molecule has 0 spiro atoms. The second-order valence-electron chi connectivity index (χ2n) is 5.60. The van der Waals surface area contributed by atoms with Crippen LogP contribution in [0.3, 0.4) is 0 Å². The van der Waals surface area contributed by atoms with E-state index >= 15 is 0 Å². The Labute approximate surface area is 112 Å². The van der Waals surface area contributed by atoms with Crippen molar-refractivity contribution in [2.45, 2.75) is 26.2 Å². The summed E-state index contributed by atoms with van der Waals surface area (Å²) in [5.41, 5.74) is 5.70. The zero-order chi connectivity index (χ0) is 13.0. The van der Waals surface area contributed by atoms with Crippen molar-refractivity contribution in [2.24, 2.45) is 0 Å². The van der Waals surface area contributed by atoms with E-state index in [4.69, 9.17) is 4.74 Å². The van der Waals surface area contributed by atoms with Crippen LogP contribution >= 0.6 is 0 Å². The minimum absolute atomic E-state index is 0.251. The van der Waals surface area contributed by atoms with Gasteiger partial charge in [-0.15, -0.1) is 0 Å². The maximum absolute atomic E-state index is 12.4. The Bertz CT molecular complexity index is 616. The molecule has 0 unspecified atom stereocenters. The molecule has 0 aromatic heterocycles. The number of nitrogens with zero attached hydrogens (tertiary/aromatic N) is 1. The summed E-state index contributed by atoms with van der Waals surface area (Å²) in [7, 11) is 0. The molecule has 0 saturated heterocycles. The van der Waals surface area contributed by atoms with Gasteiger partial charge in [0.05, 0.1) is 11.3 Å². The first-order valence-corrected chi connectivity index (χ1v) is 7.03. The normalized spacial score (nSPS) is 20.4. The predicted molar refractivity (Wildman–Crippen MR) is 75.1 cm³/mol. The van der Waals surface area contributed by atoms with Gasteiger partial charge in [-0.3, -0.25) is 4.79 Å². The number of ether oxygens (including phenoxy) is 1. The fourth-order valence-electron chi connectivity index (χ4n) is 3.48. The number of rotatable bonds is 0. The van der Waals surface area contributed by atoms with Crippen molar-refractivity contribution in [3.63, 3.8) is 0 Å². The van der Waals surface area contributed by atoms with Crippen molar-refractivity contribution in [3.8, 4) is 5.75 Å². The standard InChI is InChI=1S/C16H17NO2/c1-10-5-8-19-16-12(10)9-11-3-2-6-17-7-4-13(18)14(16)15(11)17/h5,9H,2-4,6-8H2,1H3. The molecule has 98 valence electrons. The number of benzene rings is 1. The molecule has 3 nitrogen and oxygen atoms in total. The van der Waals surface area contributed by atoms with Crippen LogP contribution in [0.25, 0.3) is 5.57 Å². The van der Waals surface area contributed by atoms with Crippen LogP contribution in [0.5, 0.6) is 5.75 Å². The maximum atomic E-state index is 12.4. The number of carbonyl (C=O) groups is 1. The summed E-state index contributed by atoms with van der Waals surface area (Å²) < 4.78 is 5.81. The maximum Gasteiger partial charge on any atom is 0.170 e. The summed E-state index contributed by atoms with van der Waals surface area (Å²) in [6.07, 6.45) is 4.97. The Kier molecular flexibility index (Phi) is 2.25. The molecule has 0 saturated carbocycles. The monoisotopic (exact) mass is 255 g/mol. The van der Waals surface area contributed by atoms with Crippen LogP contribution in [0.1, 0.15) is 41.3 Å². The molecular weight excluding hydrogens is 238 g/mol. The first kappa shape index (κ1) is 11.1. The topological polar surface area (TPSA) is 29.5 Å². The Morgan fingerprint density at radius 1 is 1.26 bits per heavy atom. The number of carbonyl (C=O) groups excluding carboxylic acids is 1. The highest BCUT2D eigenvalue weighted by Crippen LogP contribution is 2.45. The van der Waals surface area contributed by atoms with Crippen LogP contribution in [0, 0.1) is 0 Å². The number of anilines is 1. The minimum Gasteiger partial charge on any atom is -0.488 e. The number of hydrogen-bond donors (Lipinski definition) is 0. The predicted octanol–water partition coefficient (Wildman–Crippen LogP) is 2.82. The summed E-state index contributed by atoms with van der Waals surface area (Å²) in [4.78, 5) is 14.7. The lowest BCUT2D eigenvalue weighted by atomic mass is 9.86. The van der Waals surface area contributed by atoms with Crippen molar-refractivity contribution in [1.29, 1.82) is 0 Å². The largest absolute Gasteiger partial charge is 0.488 e. The van der Waals surface area contributed by atoms with E-state index in [-0.39, 0.29) is 5.78 Å². The molecule has 0 fully saturated rings. The molecule has 3 heterocycles. The van der Waals surface area contributed by atoms with Crippen molar-refractivity contribution >= 4 is 17.0 Å². The van der Waals surface area contributed by atoms with Crippen LogP contribution in [-0.2, 0) is 6.42 Å². The molecule has 0 amide bonds. The Morgan fingerprint density at radius 3 is 3.05 bits per heavy atom. The van der Waals surface area contributed by atoms with Gasteiger partial charge in [-0.2, -0.15) is 0 Å². The highest BCUT2D eigenvalue weighted by Gasteiger charge is 2.33. The molecule has 4 rings (SSSR count). The second kappa shape index (κ2) is 3.86. The van der Waals surface area contributed by atoms with Crippen molar-refractivity contribution in [2.75, 3.05) is 24.6 Å². The average Bonchev–Trinajstić information content (AvgIpc) is 2.43. The van der Waals surface area contributed by atoms with Gasteiger partial charge in [0.1, 0.15) is 12.4 Å². The van der Waals surface area contributed by atoms with Gasteiger partial charge in [0.15, 0.2) is 5.78 Å². The van der Waals surface area contributed by atoms with E-state index in [2.05, 4.69) is 24.0 Å². The van der Waals surface area contributed by atoms with Crippen molar-refractivity contribution in [1.82, 2.24) is 0 Å². The Balaban J connectivity index is 2.05. The third kappa shape index (κ3) is 1.47. The van der Waals surface area contributed by atoms with E-state index in [0.29, 0.717) is 13.0 Å². The number of allylic oxidation sites excluding steroid dienone is 1. The summed E-state index contributed by atoms with van der Waals surface area (Å²) in [5, 5.41) is 0. The van der Waals surface area contributed by atoms with Gasteiger partial charge in [0.25, 0.3) is 0 Å². The van der Waals surface area contributed by atoms with Gasteiger partial charge in [-0.05, 0) is 43.0 Å². The first-order valence-electron chi connectivity index (χ1n) is 7.03. The lowest BCUT2D eigenvalue weighted by molar-refractivity contribution is 0.0975. The van der Waals surface area contributed by atoms with Crippen LogP contribution in [0.4, 0.5) is 5.69 Å². The molecule has 0 bridgehead atoms. The van der Waals surface area contributed by atoms with E-state index in [0.717, 1.165) is 42.1 Å². The van der Waals surface area contributed by atoms with E-state index in [1.54, 1.807) is 0 Å². The number of ketones is 1. The van der Waals surface area contributed by atoms with E-state index in [1.807, 2.05) is 0 Å². The highest BCUT2D eigenvalue weighted by molar-refractivity contribution is 6.08. The molecule has 0 N–H and O–H groups in total. The molecule has 3 heteroatoms. The molecule has 0 atom stereocenters. The van der Waals surface area contributed by atoms with Gasteiger partial charge >= 0.3 is 0 Å². The van der Waals surface area contributed by atoms with Crippen molar-refractivity contribution in [3.05, 3.63) is 28.8 Å². The molecular formula is C16H17NO2. The molecule has 1 aromatic carbocycles. The van der Waals surface area contributed by atoms with E-state index in [1.165, 1.54) is 17.6 Å². The quantitative estimate of drug-likeness (QED) is 0.714. The zero-order valence-corrected chi connectivity index (χ0v) is 11.2. The zero-order valence-electron chi connectivity index (χ0n) is 11.2. The fourth-order valence-corrected chi connectivity index (χ4v) is 3.48. The molecule has 0 aliphatic carbocycles. The fraction of sp³-hybridized carbons (Fsp3) is 0.438. The third-order valence-corrected chi connectivity index (χ3v) is 4.45. The Morgan fingerprint density at radius 2 is 2.16 bits per heavy atom. The highest BCUT2D eigenvalue weighted by atomic mass is 16.5. The SMILES string of the molecule is CC1=CCOc2c1cc1c3c2C(=O)CCN3CCC1. The lowest BCUT2D eigenvalue weighted by Crippen LogP contribution is -2.37. The first-order chi connectivity index (χ1) is 9.25. The molecule has 3 aliphatic rings. The summed E-state index contributed by atoms with van der Waals surface area (Å²) in [6, 6.07) is 2.24. The third-order valence-electron chi connectivity index (χ3n) is 4.45. The summed E-state index contributed by atoms with van der Waals surface area (Å²) in [5.74, 6) is 1.08. The Hall–Kier alpha value is -1.77. The number of Topliss-reactive ketones (excluding diaryl/α,β-unsaturated/α-hetero) is 1. The van der Waals surface area contributed by atoms with Crippen LogP contribution in [-0.4, -0.2) is 25.5 Å². The van der Waals surface area contributed by atoms with Crippen LogP contribution < -0.4 is 9.64 Å². The number of aryl methyl sites for hydroxylation is 1. The number of hydrogen-bond acceptors (Lipinski definition) is 3. The van der Waals surface area contributed by atoms with E-state index in [9.17, 15) is 4.79 Å². The van der Waals surface area contributed by atoms with E-state index < -0.39 is 0 Å². The molecule has 3 aliphatic heterocycles. The lowest BCUT2D eigenvalue weighted by Gasteiger charge is -2.38. The van der Waals surface area contributed by atoms with Gasteiger partial charge in [0, 0.05) is 25.1 Å². The summed E-state index contributed by atoms with van der Waals surface area (Å²) in [6.45, 7) is 4.62. The molecule has 0 radical (unpaired) electrons. The average molecular weight is 255 g/mol. The molecule has 19 heavy (non-hydrogen) atoms. The summed E-state index contributed by atoms with van der Waals surface area (Å²) >= 11 is 0. The minimum atomic E-state index is 0.251. The smallest absolute Gasteiger partial charge is 0.170 e. The second-order valence-corrected chi connectivity index (χ2v) is 5.60. The van der Waals surface area contributed by atoms with Gasteiger partial charge in [0.2, 0.25) is 0 Å².